The molecule has 2 aromatic heterocycles. The number of nitrogens with one attached hydrogen (secondary N) is 1. The van der Waals surface area contributed by atoms with Gasteiger partial charge in [-0.15, -0.1) is 11.3 Å². The molecule has 118 valence electrons. The summed E-state index contributed by atoms with van der Waals surface area (Å²) < 4.78 is 5.48. The van der Waals surface area contributed by atoms with Crippen LogP contribution in [0.3, 0.4) is 0 Å². The van der Waals surface area contributed by atoms with Gasteiger partial charge >= 0.3 is 0 Å². The second-order valence-corrected chi connectivity index (χ2v) is 6.93. The van der Waals surface area contributed by atoms with E-state index in [0.29, 0.717) is 6.54 Å². The molecular weight excluding hydrogens is 296 g/mol. The molecule has 0 radical (unpaired) electrons. The van der Waals surface area contributed by atoms with E-state index in [1.165, 1.54) is 23.3 Å². The standard InChI is InChI=1S/C17H22N2O2S/c1-19(2)14(15-7-5-9-21-15)10-18-17(20)13-11-22-16-8-4-3-6-12(13)16/h5,7,9,11,14H,3-4,6,8,10H2,1-2H3,(H,18,20)/t14-/m0/s1. The van der Waals surface area contributed by atoms with Gasteiger partial charge in [0.05, 0.1) is 17.9 Å². The lowest BCUT2D eigenvalue weighted by Crippen LogP contribution is -2.34. The van der Waals surface area contributed by atoms with Crippen molar-refractivity contribution in [2.24, 2.45) is 0 Å². The summed E-state index contributed by atoms with van der Waals surface area (Å²) in [7, 11) is 3.98. The molecule has 0 aliphatic heterocycles. The summed E-state index contributed by atoms with van der Waals surface area (Å²) in [5.74, 6) is 0.912. The van der Waals surface area contributed by atoms with E-state index in [4.69, 9.17) is 4.42 Å². The van der Waals surface area contributed by atoms with Crippen LogP contribution in [0.15, 0.2) is 28.2 Å². The summed E-state index contributed by atoms with van der Waals surface area (Å²) in [5.41, 5.74) is 2.14. The largest absolute Gasteiger partial charge is 0.468 e. The molecule has 4 nitrogen and oxygen atoms in total. The quantitative estimate of drug-likeness (QED) is 0.920. The first-order valence-corrected chi connectivity index (χ1v) is 8.62. The zero-order valence-electron chi connectivity index (χ0n) is 13.1. The predicted octanol–water partition coefficient (Wildman–Crippen LogP) is 3.25. The van der Waals surface area contributed by atoms with Crippen molar-refractivity contribution in [1.82, 2.24) is 10.2 Å². The smallest absolute Gasteiger partial charge is 0.252 e. The van der Waals surface area contributed by atoms with Crippen LogP contribution in [0.5, 0.6) is 0 Å². The number of nitrogens with zero attached hydrogens (tertiary/aromatic N) is 1. The van der Waals surface area contributed by atoms with Crippen molar-refractivity contribution < 1.29 is 9.21 Å². The SMILES string of the molecule is CN(C)[C@@H](CNC(=O)c1csc2c1CCCC2)c1ccco1. The first-order valence-electron chi connectivity index (χ1n) is 7.74. The molecule has 0 unspecified atom stereocenters. The zero-order chi connectivity index (χ0) is 15.5. The van der Waals surface area contributed by atoms with Gasteiger partial charge in [0.25, 0.3) is 5.91 Å². The van der Waals surface area contributed by atoms with Crippen LogP contribution in [0.4, 0.5) is 0 Å². The highest BCUT2D eigenvalue weighted by atomic mass is 32.1. The number of furan rings is 1. The number of carbonyl (C=O) groups is 1. The Balaban J connectivity index is 1.68. The van der Waals surface area contributed by atoms with E-state index in [2.05, 4.69) is 10.2 Å². The maximum atomic E-state index is 12.5. The normalized spacial score (nSPS) is 15.6. The number of carbonyl (C=O) groups excluding carboxylic acids is 1. The molecule has 0 aromatic carbocycles. The number of rotatable bonds is 5. The minimum atomic E-state index is 0.0396. The van der Waals surface area contributed by atoms with Crippen molar-refractivity contribution in [3.63, 3.8) is 0 Å². The van der Waals surface area contributed by atoms with Crippen LogP contribution < -0.4 is 5.32 Å². The minimum Gasteiger partial charge on any atom is -0.468 e. The highest BCUT2D eigenvalue weighted by Gasteiger charge is 2.22. The molecule has 5 heteroatoms. The number of aryl methyl sites for hydroxylation is 1. The fourth-order valence-electron chi connectivity index (χ4n) is 2.99. The predicted molar refractivity (Wildman–Crippen MR) is 88.4 cm³/mol. The average Bonchev–Trinajstić information content (AvgIpc) is 3.16. The second kappa shape index (κ2) is 6.67. The lowest BCUT2D eigenvalue weighted by Gasteiger charge is -2.22. The van der Waals surface area contributed by atoms with Crippen LogP contribution in [0, 0.1) is 0 Å². The third kappa shape index (κ3) is 3.10. The molecule has 0 saturated carbocycles. The molecule has 2 aromatic rings. The highest BCUT2D eigenvalue weighted by Crippen LogP contribution is 2.30. The molecule has 1 amide bonds. The summed E-state index contributed by atoms with van der Waals surface area (Å²) in [6.45, 7) is 0.546. The second-order valence-electron chi connectivity index (χ2n) is 5.96. The Morgan fingerprint density at radius 3 is 2.95 bits per heavy atom. The Labute approximate surface area is 135 Å². The molecule has 1 aliphatic carbocycles. The van der Waals surface area contributed by atoms with Gasteiger partial charge in [-0.1, -0.05) is 0 Å². The topological polar surface area (TPSA) is 45.5 Å². The van der Waals surface area contributed by atoms with Crippen LogP contribution in [0.2, 0.25) is 0 Å². The molecule has 2 heterocycles. The highest BCUT2D eigenvalue weighted by molar-refractivity contribution is 7.10. The maximum absolute atomic E-state index is 12.5. The van der Waals surface area contributed by atoms with Crippen molar-refractivity contribution in [3.05, 3.63) is 45.5 Å². The van der Waals surface area contributed by atoms with Crippen LogP contribution >= 0.6 is 11.3 Å². The van der Waals surface area contributed by atoms with Gasteiger partial charge in [0.2, 0.25) is 0 Å². The molecule has 0 saturated heterocycles. The average molecular weight is 318 g/mol. The Hall–Kier alpha value is -1.59. The van der Waals surface area contributed by atoms with Gasteiger partial charge in [0.15, 0.2) is 0 Å². The van der Waals surface area contributed by atoms with E-state index in [-0.39, 0.29) is 11.9 Å². The molecule has 0 spiro atoms. The molecule has 0 fully saturated rings. The summed E-state index contributed by atoms with van der Waals surface area (Å²) in [6.07, 6.45) is 6.27. The van der Waals surface area contributed by atoms with E-state index in [1.807, 2.05) is 31.6 Å². The maximum Gasteiger partial charge on any atom is 0.252 e. The number of likely N-dealkylation sites (N-methyl/N-ethyl adjacent to an activating group) is 1. The van der Waals surface area contributed by atoms with Crippen LogP contribution in [-0.4, -0.2) is 31.4 Å². The van der Waals surface area contributed by atoms with Gasteiger partial charge in [-0.25, -0.2) is 0 Å². The first-order chi connectivity index (χ1) is 10.7. The van der Waals surface area contributed by atoms with Crippen molar-refractivity contribution in [3.8, 4) is 0 Å². The fraction of sp³-hybridized carbons (Fsp3) is 0.471. The fourth-order valence-corrected chi connectivity index (χ4v) is 4.11. The van der Waals surface area contributed by atoms with Crippen LogP contribution in [-0.2, 0) is 12.8 Å². The molecule has 0 bridgehead atoms. The lowest BCUT2D eigenvalue weighted by molar-refractivity contribution is 0.0938. The Morgan fingerprint density at radius 2 is 2.23 bits per heavy atom. The van der Waals surface area contributed by atoms with Gasteiger partial charge in [-0.05, 0) is 57.5 Å². The number of amides is 1. The molecule has 3 rings (SSSR count). The Kier molecular flexibility index (Phi) is 4.64. The van der Waals surface area contributed by atoms with E-state index in [9.17, 15) is 4.79 Å². The van der Waals surface area contributed by atoms with E-state index in [0.717, 1.165) is 24.2 Å². The minimum absolute atomic E-state index is 0.0396. The van der Waals surface area contributed by atoms with Gasteiger partial charge in [0, 0.05) is 16.8 Å². The zero-order valence-corrected chi connectivity index (χ0v) is 13.9. The van der Waals surface area contributed by atoms with Crippen LogP contribution in [0.1, 0.15) is 45.4 Å². The van der Waals surface area contributed by atoms with E-state index in [1.54, 1.807) is 17.6 Å². The first kappa shape index (κ1) is 15.3. The summed E-state index contributed by atoms with van der Waals surface area (Å²) in [4.78, 5) is 16.0. The summed E-state index contributed by atoms with van der Waals surface area (Å²) >= 11 is 1.73. The van der Waals surface area contributed by atoms with Gasteiger partial charge in [-0.2, -0.15) is 0 Å². The van der Waals surface area contributed by atoms with Gasteiger partial charge < -0.3 is 9.73 Å². The summed E-state index contributed by atoms with van der Waals surface area (Å²) in [6, 6.07) is 3.88. The van der Waals surface area contributed by atoms with Crippen molar-refractivity contribution in [2.45, 2.75) is 31.7 Å². The summed E-state index contributed by atoms with van der Waals surface area (Å²) in [5, 5.41) is 5.09. The molecule has 1 aliphatic rings. The van der Waals surface area contributed by atoms with Crippen LogP contribution in [0.25, 0.3) is 0 Å². The number of fused-ring (bicyclic) bond motifs is 1. The molecule has 22 heavy (non-hydrogen) atoms. The third-order valence-corrected chi connectivity index (χ3v) is 5.35. The van der Waals surface area contributed by atoms with E-state index < -0.39 is 0 Å². The monoisotopic (exact) mass is 318 g/mol. The third-order valence-electron chi connectivity index (χ3n) is 4.26. The molecule has 1 N–H and O–H groups in total. The Morgan fingerprint density at radius 1 is 1.41 bits per heavy atom. The van der Waals surface area contributed by atoms with Gasteiger partial charge in [0.1, 0.15) is 5.76 Å². The molecule has 1 atom stereocenters. The van der Waals surface area contributed by atoms with E-state index >= 15 is 0 Å². The number of hydrogen-bond donors (Lipinski definition) is 1. The van der Waals surface area contributed by atoms with Crippen molar-refractivity contribution >= 4 is 17.2 Å². The number of hydrogen-bond acceptors (Lipinski definition) is 4. The van der Waals surface area contributed by atoms with Gasteiger partial charge in [-0.3, -0.25) is 9.69 Å². The number of thiophene rings is 1. The van der Waals surface area contributed by atoms with Crippen molar-refractivity contribution in [1.29, 1.82) is 0 Å². The molecular formula is C17H22N2O2S. The van der Waals surface area contributed by atoms with Crippen molar-refractivity contribution in [2.75, 3.05) is 20.6 Å². The lowest BCUT2D eigenvalue weighted by atomic mass is 9.95. The Bertz CT molecular complexity index is 631.